The smallest absolute Gasteiger partial charge is 0.274 e. The van der Waals surface area contributed by atoms with Crippen molar-refractivity contribution in [2.75, 3.05) is 19.0 Å². The molecule has 0 aliphatic carbocycles. The average molecular weight is 381 g/mol. The Morgan fingerprint density at radius 2 is 2.00 bits per heavy atom. The summed E-state index contributed by atoms with van der Waals surface area (Å²) in [7, 11) is 1.56. The third-order valence-electron chi connectivity index (χ3n) is 5.16. The molecule has 1 aromatic carbocycles. The van der Waals surface area contributed by atoms with Crippen LogP contribution >= 0.6 is 0 Å². The molecule has 1 aliphatic rings. The van der Waals surface area contributed by atoms with Crippen LogP contribution in [-0.4, -0.2) is 41.4 Å². The second kappa shape index (κ2) is 8.87. The number of nitrogens with zero attached hydrogens (tertiary/aromatic N) is 2. The summed E-state index contributed by atoms with van der Waals surface area (Å²) in [5.41, 5.74) is 2.10. The van der Waals surface area contributed by atoms with Gasteiger partial charge in [-0.3, -0.25) is 9.59 Å². The monoisotopic (exact) mass is 381 g/mol. The molecule has 6 nitrogen and oxygen atoms in total. The van der Waals surface area contributed by atoms with E-state index in [2.05, 4.69) is 17.2 Å². The maximum Gasteiger partial charge on any atom is 0.274 e. The molecular weight excluding hydrogens is 354 g/mol. The molecule has 1 saturated heterocycles. The number of aromatic nitrogens is 1. The number of amides is 2. The van der Waals surface area contributed by atoms with Gasteiger partial charge in [0.1, 0.15) is 17.1 Å². The van der Waals surface area contributed by atoms with E-state index in [9.17, 15) is 9.59 Å². The van der Waals surface area contributed by atoms with Crippen molar-refractivity contribution < 1.29 is 14.3 Å². The van der Waals surface area contributed by atoms with E-state index in [0.717, 1.165) is 37.8 Å². The molecule has 2 heterocycles. The van der Waals surface area contributed by atoms with Crippen molar-refractivity contribution in [3.05, 3.63) is 53.3 Å². The van der Waals surface area contributed by atoms with E-state index in [0.29, 0.717) is 17.1 Å². The van der Waals surface area contributed by atoms with Crippen LogP contribution in [0.2, 0.25) is 0 Å². The van der Waals surface area contributed by atoms with Crippen molar-refractivity contribution in [2.45, 2.75) is 45.6 Å². The Hall–Kier alpha value is -2.89. The quantitative estimate of drug-likeness (QED) is 0.848. The summed E-state index contributed by atoms with van der Waals surface area (Å²) in [5.74, 6) is 0.101. The number of nitrogens with one attached hydrogen (secondary N) is 1. The number of carbonyl (C=O) groups is 2. The second-order valence-corrected chi connectivity index (χ2v) is 7.12. The lowest BCUT2D eigenvalue weighted by Gasteiger charge is -2.35. The maximum atomic E-state index is 13.0. The van der Waals surface area contributed by atoms with E-state index in [1.165, 1.54) is 0 Å². The largest absolute Gasteiger partial charge is 0.495 e. The van der Waals surface area contributed by atoms with Crippen LogP contribution in [0, 0.1) is 6.92 Å². The van der Waals surface area contributed by atoms with Gasteiger partial charge in [-0.05, 0) is 62.4 Å². The normalized spacial score (nSPS) is 16.5. The highest BCUT2D eigenvalue weighted by Gasteiger charge is 2.27. The molecule has 3 rings (SSSR count). The molecule has 2 aromatic rings. The van der Waals surface area contributed by atoms with Crippen LogP contribution in [0.4, 0.5) is 5.69 Å². The van der Waals surface area contributed by atoms with Crippen molar-refractivity contribution in [1.82, 2.24) is 9.88 Å². The summed E-state index contributed by atoms with van der Waals surface area (Å²) in [6, 6.07) is 10.8. The van der Waals surface area contributed by atoms with Gasteiger partial charge in [-0.1, -0.05) is 19.1 Å². The fourth-order valence-electron chi connectivity index (χ4n) is 3.63. The molecule has 1 aliphatic heterocycles. The lowest BCUT2D eigenvalue weighted by atomic mass is 9.99. The second-order valence-electron chi connectivity index (χ2n) is 7.12. The van der Waals surface area contributed by atoms with E-state index in [-0.39, 0.29) is 23.6 Å². The number of aryl methyl sites for hydroxylation is 1. The summed E-state index contributed by atoms with van der Waals surface area (Å²) < 4.78 is 5.31. The minimum Gasteiger partial charge on any atom is -0.495 e. The van der Waals surface area contributed by atoms with E-state index in [1.54, 1.807) is 31.4 Å². The summed E-state index contributed by atoms with van der Waals surface area (Å²) in [4.78, 5) is 31.9. The third-order valence-corrected chi connectivity index (χ3v) is 5.16. The number of likely N-dealkylation sites (tertiary alicyclic amines) is 1. The SMILES string of the molecule is CCC1CCCCN1C(=O)c1cccc(C(=O)Nc2cc(C)ccc2OC)n1. The van der Waals surface area contributed by atoms with Crippen LogP contribution in [0.15, 0.2) is 36.4 Å². The van der Waals surface area contributed by atoms with Crippen LogP contribution in [0.1, 0.15) is 59.1 Å². The summed E-state index contributed by atoms with van der Waals surface area (Å²) in [6.45, 7) is 4.79. The molecule has 0 spiro atoms. The Labute approximate surface area is 165 Å². The lowest BCUT2D eigenvalue weighted by Crippen LogP contribution is -2.43. The van der Waals surface area contributed by atoms with Gasteiger partial charge in [0, 0.05) is 12.6 Å². The molecule has 28 heavy (non-hydrogen) atoms. The molecule has 1 N–H and O–H groups in total. The number of hydrogen-bond acceptors (Lipinski definition) is 4. The van der Waals surface area contributed by atoms with E-state index < -0.39 is 0 Å². The first-order valence-electron chi connectivity index (χ1n) is 9.77. The van der Waals surface area contributed by atoms with E-state index in [4.69, 9.17) is 4.74 Å². The highest BCUT2D eigenvalue weighted by Crippen LogP contribution is 2.26. The van der Waals surface area contributed by atoms with Crippen LogP contribution in [-0.2, 0) is 0 Å². The third kappa shape index (κ3) is 4.32. The number of rotatable bonds is 5. The zero-order chi connectivity index (χ0) is 20.1. The predicted molar refractivity (Wildman–Crippen MR) is 109 cm³/mol. The number of anilines is 1. The first-order valence-corrected chi connectivity index (χ1v) is 9.77. The van der Waals surface area contributed by atoms with Gasteiger partial charge in [0.2, 0.25) is 0 Å². The molecule has 148 valence electrons. The van der Waals surface area contributed by atoms with Crippen molar-refractivity contribution in [3.8, 4) is 5.75 Å². The number of hydrogen-bond donors (Lipinski definition) is 1. The fourth-order valence-corrected chi connectivity index (χ4v) is 3.63. The number of piperidine rings is 1. The minimum atomic E-state index is -0.371. The Morgan fingerprint density at radius 3 is 2.75 bits per heavy atom. The molecule has 0 bridgehead atoms. The molecule has 1 fully saturated rings. The van der Waals surface area contributed by atoms with E-state index in [1.807, 2.05) is 24.0 Å². The van der Waals surface area contributed by atoms with Gasteiger partial charge in [0.25, 0.3) is 11.8 Å². The molecular formula is C22H27N3O3. The van der Waals surface area contributed by atoms with Gasteiger partial charge < -0.3 is 15.0 Å². The topological polar surface area (TPSA) is 71.5 Å². The minimum absolute atomic E-state index is 0.102. The molecule has 2 amide bonds. The number of methoxy groups -OCH3 is 1. The Balaban J connectivity index is 1.80. The zero-order valence-electron chi connectivity index (χ0n) is 16.7. The van der Waals surface area contributed by atoms with Gasteiger partial charge in [-0.15, -0.1) is 0 Å². The lowest BCUT2D eigenvalue weighted by molar-refractivity contribution is 0.0602. The average Bonchev–Trinajstić information content (AvgIpc) is 2.73. The Kier molecular flexibility index (Phi) is 6.29. The summed E-state index contributed by atoms with van der Waals surface area (Å²) in [5, 5.41) is 2.83. The van der Waals surface area contributed by atoms with E-state index >= 15 is 0 Å². The van der Waals surface area contributed by atoms with Crippen molar-refractivity contribution in [2.24, 2.45) is 0 Å². The summed E-state index contributed by atoms with van der Waals surface area (Å²) >= 11 is 0. The highest BCUT2D eigenvalue weighted by molar-refractivity contribution is 6.04. The fraction of sp³-hybridized carbons (Fsp3) is 0.409. The van der Waals surface area contributed by atoms with Crippen molar-refractivity contribution in [1.29, 1.82) is 0 Å². The molecule has 0 saturated carbocycles. The van der Waals surface area contributed by atoms with Crippen LogP contribution in [0.3, 0.4) is 0 Å². The molecule has 1 unspecified atom stereocenters. The van der Waals surface area contributed by atoms with Crippen molar-refractivity contribution >= 4 is 17.5 Å². The van der Waals surface area contributed by atoms with Crippen LogP contribution in [0.5, 0.6) is 5.75 Å². The maximum absolute atomic E-state index is 13.0. The molecule has 1 aromatic heterocycles. The van der Waals surface area contributed by atoms with Gasteiger partial charge >= 0.3 is 0 Å². The highest BCUT2D eigenvalue weighted by atomic mass is 16.5. The van der Waals surface area contributed by atoms with Gasteiger partial charge in [-0.2, -0.15) is 0 Å². The number of pyridine rings is 1. The molecule has 1 atom stereocenters. The Bertz CT molecular complexity index is 866. The number of benzene rings is 1. The number of ether oxygens (including phenoxy) is 1. The van der Waals surface area contributed by atoms with Crippen LogP contribution < -0.4 is 10.1 Å². The predicted octanol–water partition coefficient (Wildman–Crippen LogP) is 4.06. The van der Waals surface area contributed by atoms with Gasteiger partial charge in [0.15, 0.2) is 0 Å². The van der Waals surface area contributed by atoms with Gasteiger partial charge in [0.05, 0.1) is 12.8 Å². The van der Waals surface area contributed by atoms with Gasteiger partial charge in [-0.25, -0.2) is 4.98 Å². The first kappa shape index (κ1) is 19.9. The van der Waals surface area contributed by atoms with Crippen molar-refractivity contribution in [3.63, 3.8) is 0 Å². The van der Waals surface area contributed by atoms with Crippen LogP contribution in [0.25, 0.3) is 0 Å². The number of carbonyl (C=O) groups excluding carboxylic acids is 2. The Morgan fingerprint density at radius 1 is 1.21 bits per heavy atom. The zero-order valence-corrected chi connectivity index (χ0v) is 16.7. The first-order chi connectivity index (χ1) is 13.5. The molecule has 0 radical (unpaired) electrons. The molecule has 6 heteroatoms. The standard InChI is InChI=1S/C22H27N3O3/c1-4-16-8-5-6-13-25(16)22(27)18-10-7-9-17(23-18)21(26)24-19-14-15(2)11-12-20(19)28-3/h7,9-12,14,16H,4-6,8,13H2,1-3H3,(H,24,26). The summed E-state index contributed by atoms with van der Waals surface area (Å²) in [6.07, 6.45) is 4.11.